The van der Waals surface area contributed by atoms with Crippen LogP contribution in [0.5, 0.6) is 5.88 Å². The standard InChI is InChI=1S/C27H30F3N3O4/c1-27(2,26(34)35)15-3-5-17(6-4-15)37-23-14-22-21(31-23)13-20(30)25(32-22)24-18(28)11-16(12-19(24)29)33-7-9-36-10-8-33/h11-15,17,31H,3-10H2,1-2H3,(H,34,35)/t15-,17-. The number of rotatable bonds is 6. The maximum atomic E-state index is 15.0. The third-order valence-electron chi connectivity index (χ3n) is 7.71. The number of aliphatic carboxylic acids is 1. The molecule has 1 aromatic carbocycles. The molecule has 2 N–H and O–H groups in total. The van der Waals surface area contributed by atoms with Crippen LogP contribution in [0.4, 0.5) is 18.9 Å². The van der Waals surface area contributed by atoms with Gasteiger partial charge in [-0.3, -0.25) is 4.79 Å². The molecule has 0 bridgehead atoms. The number of anilines is 1. The zero-order valence-corrected chi connectivity index (χ0v) is 20.8. The van der Waals surface area contributed by atoms with Gasteiger partial charge < -0.3 is 24.5 Å². The Hall–Kier alpha value is -3.27. The molecule has 0 spiro atoms. The Morgan fingerprint density at radius 3 is 2.32 bits per heavy atom. The maximum absolute atomic E-state index is 15.0. The number of morpholine rings is 1. The van der Waals surface area contributed by atoms with Gasteiger partial charge in [-0.25, -0.2) is 18.2 Å². The summed E-state index contributed by atoms with van der Waals surface area (Å²) in [6.07, 6.45) is 2.70. The number of carboxylic acids is 1. The average Bonchev–Trinajstić information content (AvgIpc) is 3.25. The Morgan fingerprint density at radius 2 is 1.70 bits per heavy atom. The Bertz CT molecular complexity index is 1290. The third-order valence-corrected chi connectivity index (χ3v) is 7.71. The summed E-state index contributed by atoms with van der Waals surface area (Å²) in [4.78, 5) is 20.6. The molecule has 2 aromatic heterocycles. The maximum Gasteiger partial charge on any atom is 0.309 e. The van der Waals surface area contributed by atoms with E-state index < -0.39 is 40.1 Å². The molecule has 2 aliphatic rings. The summed E-state index contributed by atoms with van der Waals surface area (Å²) in [6.45, 7) is 5.47. The van der Waals surface area contributed by atoms with Gasteiger partial charge in [0.15, 0.2) is 11.7 Å². The summed E-state index contributed by atoms with van der Waals surface area (Å²) in [6, 6.07) is 5.14. The fourth-order valence-electron chi connectivity index (χ4n) is 5.29. The van der Waals surface area contributed by atoms with Gasteiger partial charge in [-0.2, -0.15) is 0 Å². The molecular weight excluding hydrogens is 487 g/mol. The minimum atomic E-state index is -0.889. The molecule has 10 heteroatoms. The topological polar surface area (TPSA) is 87.7 Å². The van der Waals surface area contributed by atoms with E-state index in [4.69, 9.17) is 9.47 Å². The van der Waals surface area contributed by atoms with Crippen molar-refractivity contribution in [1.82, 2.24) is 9.97 Å². The van der Waals surface area contributed by atoms with Crippen molar-refractivity contribution in [3.63, 3.8) is 0 Å². The number of hydrogen-bond acceptors (Lipinski definition) is 5. The predicted molar refractivity (Wildman–Crippen MR) is 132 cm³/mol. The normalized spacial score (nSPS) is 20.8. The molecule has 3 heterocycles. The summed E-state index contributed by atoms with van der Waals surface area (Å²) in [7, 11) is 0. The van der Waals surface area contributed by atoms with Gasteiger partial charge in [-0.15, -0.1) is 0 Å². The molecule has 7 nitrogen and oxygen atoms in total. The summed E-state index contributed by atoms with van der Waals surface area (Å²) in [5.41, 5.74) is -0.667. The average molecular weight is 518 g/mol. The molecule has 5 rings (SSSR count). The van der Waals surface area contributed by atoms with E-state index in [-0.39, 0.29) is 12.0 Å². The molecule has 37 heavy (non-hydrogen) atoms. The van der Waals surface area contributed by atoms with Gasteiger partial charge in [0.1, 0.15) is 23.4 Å². The molecule has 1 saturated heterocycles. The zero-order valence-electron chi connectivity index (χ0n) is 20.8. The molecular formula is C27H30F3N3O4. The summed E-state index contributed by atoms with van der Waals surface area (Å²) in [5, 5.41) is 9.48. The quantitative estimate of drug-likeness (QED) is 0.447. The van der Waals surface area contributed by atoms with E-state index in [1.54, 1.807) is 19.9 Å². The fraction of sp³-hybridized carbons (Fsp3) is 0.481. The van der Waals surface area contributed by atoms with E-state index in [0.717, 1.165) is 18.9 Å². The predicted octanol–water partition coefficient (Wildman–Crippen LogP) is 5.53. The molecule has 2 fully saturated rings. The number of ether oxygens (including phenoxy) is 2. The molecule has 1 aliphatic carbocycles. The largest absolute Gasteiger partial charge is 0.481 e. The van der Waals surface area contributed by atoms with Crippen LogP contribution < -0.4 is 9.64 Å². The lowest BCUT2D eigenvalue weighted by Crippen LogP contribution is -2.37. The van der Waals surface area contributed by atoms with Crippen molar-refractivity contribution in [3.8, 4) is 17.1 Å². The van der Waals surface area contributed by atoms with E-state index in [9.17, 15) is 14.3 Å². The van der Waals surface area contributed by atoms with Crippen LogP contribution in [0.25, 0.3) is 22.3 Å². The van der Waals surface area contributed by atoms with E-state index in [1.165, 1.54) is 12.1 Å². The Balaban J connectivity index is 1.34. The lowest BCUT2D eigenvalue weighted by molar-refractivity contribution is -0.151. The molecule has 0 unspecified atom stereocenters. The first-order valence-corrected chi connectivity index (χ1v) is 12.5. The van der Waals surface area contributed by atoms with Gasteiger partial charge >= 0.3 is 5.97 Å². The van der Waals surface area contributed by atoms with E-state index >= 15 is 8.78 Å². The highest BCUT2D eigenvalue weighted by molar-refractivity contribution is 5.81. The number of aromatic amines is 1. The van der Waals surface area contributed by atoms with Gasteiger partial charge in [0.05, 0.1) is 35.2 Å². The first-order chi connectivity index (χ1) is 17.6. The van der Waals surface area contributed by atoms with Gasteiger partial charge in [-0.05, 0) is 57.6 Å². The number of fused-ring (bicyclic) bond motifs is 1. The van der Waals surface area contributed by atoms with Crippen LogP contribution in [0, 0.1) is 28.8 Å². The first kappa shape index (κ1) is 25.4. The first-order valence-electron chi connectivity index (χ1n) is 12.5. The second-order valence-electron chi connectivity index (χ2n) is 10.4. The van der Waals surface area contributed by atoms with Crippen molar-refractivity contribution < 1.29 is 32.5 Å². The number of halogens is 3. The number of nitrogens with one attached hydrogen (secondary N) is 1. The van der Waals surface area contributed by atoms with Crippen LogP contribution in [0.3, 0.4) is 0 Å². The van der Waals surface area contributed by atoms with E-state index in [2.05, 4.69) is 9.97 Å². The van der Waals surface area contributed by atoms with Crippen LogP contribution in [0.1, 0.15) is 39.5 Å². The summed E-state index contributed by atoms with van der Waals surface area (Å²) < 4.78 is 56.4. The Morgan fingerprint density at radius 1 is 1.05 bits per heavy atom. The summed E-state index contributed by atoms with van der Waals surface area (Å²) >= 11 is 0. The monoisotopic (exact) mass is 517 g/mol. The second kappa shape index (κ2) is 9.89. The molecule has 1 aliphatic heterocycles. The minimum Gasteiger partial charge on any atom is -0.481 e. The SMILES string of the molecule is CC(C)(C(=O)O)[C@H]1CC[C@H](Oc2cc3nc(-c4c(F)cc(N5CCOCC5)cc4F)c(F)cc3[nH]2)CC1. The lowest BCUT2D eigenvalue weighted by Gasteiger charge is -2.36. The van der Waals surface area contributed by atoms with Crippen molar-refractivity contribution in [1.29, 1.82) is 0 Å². The Kier molecular flexibility index (Phi) is 6.78. The molecule has 198 valence electrons. The summed E-state index contributed by atoms with van der Waals surface area (Å²) in [5.74, 6) is -3.00. The lowest BCUT2D eigenvalue weighted by atomic mass is 9.70. The smallest absolute Gasteiger partial charge is 0.309 e. The number of carboxylic acid groups (broad SMARTS) is 1. The minimum absolute atomic E-state index is 0.0605. The van der Waals surface area contributed by atoms with E-state index in [1.807, 2.05) is 4.90 Å². The van der Waals surface area contributed by atoms with Crippen molar-refractivity contribution >= 4 is 22.7 Å². The van der Waals surface area contributed by atoms with Crippen molar-refractivity contribution in [3.05, 3.63) is 41.7 Å². The van der Waals surface area contributed by atoms with Crippen LogP contribution >= 0.6 is 0 Å². The van der Waals surface area contributed by atoms with Crippen molar-refractivity contribution in [2.24, 2.45) is 11.3 Å². The van der Waals surface area contributed by atoms with Crippen LogP contribution in [-0.2, 0) is 9.53 Å². The number of pyridine rings is 1. The molecule has 3 aromatic rings. The van der Waals surface area contributed by atoms with Crippen molar-refractivity contribution in [2.75, 3.05) is 31.2 Å². The van der Waals surface area contributed by atoms with Crippen LogP contribution in [-0.4, -0.2) is 53.5 Å². The molecule has 0 atom stereocenters. The highest BCUT2D eigenvalue weighted by Crippen LogP contribution is 2.40. The second-order valence-corrected chi connectivity index (χ2v) is 10.4. The highest BCUT2D eigenvalue weighted by Gasteiger charge is 2.39. The highest BCUT2D eigenvalue weighted by atomic mass is 19.1. The molecule has 0 amide bonds. The Labute approximate surface area is 212 Å². The number of benzene rings is 1. The van der Waals surface area contributed by atoms with Gasteiger partial charge in [0, 0.05) is 30.9 Å². The van der Waals surface area contributed by atoms with E-state index in [0.29, 0.717) is 61.7 Å². The molecule has 1 saturated carbocycles. The third kappa shape index (κ3) is 4.99. The van der Waals surface area contributed by atoms with Gasteiger partial charge in [-0.1, -0.05) is 0 Å². The fourth-order valence-corrected chi connectivity index (χ4v) is 5.29. The number of aromatic nitrogens is 2. The van der Waals surface area contributed by atoms with Gasteiger partial charge in [0.25, 0.3) is 0 Å². The van der Waals surface area contributed by atoms with Crippen LogP contribution in [0.15, 0.2) is 24.3 Å². The number of hydrogen-bond donors (Lipinski definition) is 2. The molecule has 0 radical (unpaired) electrons. The van der Waals surface area contributed by atoms with Gasteiger partial charge in [0.2, 0.25) is 0 Å². The van der Waals surface area contributed by atoms with Crippen molar-refractivity contribution in [2.45, 2.75) is 45.6 Å². The number of H-pyrrole nitrogens is 1. The zero-order chi connectivity index (χ0) is 26.3. The van der Waals surface area contributed by atoms with Crippen LogP contribution in [0.2, 0.25) is 0 Å². The number of nitrogens with zero attached hydrogens (tertiary/aromatic N) is 2. The number of carbonyl (C=O) groups is 1.